The lowest BCUT2D eigenvalue weighted by molar-refractivity contribution is 0.606. The van der Waals surface area contributed by atoms with E-state index in [2.05, 4.69) is 25.9 Å². The standard InChI is InChI=1S/C13H14N4O2S/c1-20(18,19)16-12-6-7-13(15-14-12)17-9-8-10-4-2-3-5-11(10)17/h2-7H,8-9H2,1H3,(H,14,16). The predicted octanol–water partition coefficient (Wildman–Crippen LogP) is 1.54. The normalized spacial score (nSPS) is 14.2. The minimum absolute atomic E-state index is 0.226. The fourth-order valence-electron chi connectivity index (χ4n) is 2.29. The molecule has 104 valence electrons. The van der Waals surface area contributed by atoms with Crippen molar-refractivity contribution in [2.75, 3.05) is 22.4 Å². The van der Waals surface area contributed by atoms with E-state index < -0.39 is 10.0 Å². The van der Waals surface area contributed by atoms with Crippen LogP contribution in [-0.4, -0.2) is 31.4 Å². The molecule has 6 nitrogen and oxygen atoms in total. The summed E-state index contributed by atoms with van der Waals surface area (Å²) in [6.07, 6.45) is 2.06. The first-order valence-corrected chi connectivity index (χ1v) is 8.09. The third kappa shape index (κ3) is 2.57. The Labute approximate surface area is 117 Å². The highest BCUT2D eigenvalue weighted by Gasteiger charge is 2.20. The fraction of sp³-hybridized carbons (Fsp3) is 0.231. The Morgan fingerprint density at radius 3 is 2.65 bits per heavy atom. The summed E-state index contributed by atoms with van der Waals surface area (Å²) in [5, 5.41) is 7.99. The summed E-state index contributed by atoms with van der Waals surface area (Å²) >= 11 is 0. The molecule has 1 aromatic heterocycles. The van der Waals surface area contributed by atoms with Gasteiger partial charge in [-0.05, 0) is 30.2 Å². The lowest BCUT2D eigenvalue weighted by atomic mass is 10.2. The number of benzene rings is 1. The van der Waals surface area contributed by atoms with Crippen molar-refractivity contribution in [2.24, 2.45) is 0 Å². The van der Waals surface area contributed by atoms with E-state index in [1.807, 2.05) is 18.2 Å². The molecule has 0 saturated heterocycles. The average molecular weight is 290 g/mol. The van der Waals surface area contributed by atoms with Gasteiger partial charge in [0.25, 0.3) is 0 Å². The van der Waals surface area contributed by atoms with Crippen molar-refractivity contribution < 1.29 is 8.42 Å². The molecular formula is C13H14N4O2S. The molecule has 1 N–H and O–H groups in total. The van der Waals surface area contributed by atoms with E-state index in [-0.39, 0.29) is 5.82 Å². The van der Waals surface area contributed by atoms with Gasteiger partial charge in [0.15, 0.2) is 11.6 Å². The van der Waals surface area contributed by atoms with Crippen LogP contribution in [0, 0.1) is 0 Å². The number of hydrogen-bond acceptors (Lipinski definition) is 5. The van der Waals surface area contributed by atoms with Gasteiger partial charge in [0.05, 0.1) is 6.26 Å². The lowest BCUT2D eigenvalue weighted by Gasteiger charge is -2.17. The number of hydrogen-bond donors (Lipinski definition) is 1. The molecule has 0 fully saturated rings. The zero-order valence-corrected chi connectivity index (χ0v) is 11.8. The SMILES string of the molecule is CS(=O)(=O)Nc1ccc(N2CCc3ccccc32)nn1. The molecule has 0 unspecified atom stereocenters. The highest BCUT2D eigenvalue weighted by molar-refractivity contribution is 7.92. The number of rotatable bonds is 3. The van der Waals surface area contributed by atoms with Gasteiger partial charge in [-0.1, -0.05) is 18.2 Å². The van der Waals surface area contributed by atoms with Crippen molar-refractivity contribution >= 4 is 27.3 Å². The summed E-state index contributed by atoms with van der Waals surface area (Å²) in [5.41, 5.74) is 2.42. The lowest BCUT2D eigenvalue weighted by Crippen LogP contribution is -2.16. The maximum absolute atomic E-state index is 11.1. The molecule has 1 aliphatic heterocycles. The van der Waals surface area contributed by atoms with Crippen LogP contribution in [0.4, 0.5) is 17.3 Å². The van der Waals surface area contributed by atoms with Crippen LogP contribution in [0.25, 0.3) is 0 Å². The van der Waals surface area contributed by atoms with Gasteiger partial charge in [-0.25, -0.2) is 8.42 Å². The minimum Gasteiger partial charge on any atom is -0.324 e. The minimum atomic E-state index is -3.32. The van der Waals surface area contributed by atoms with Crippen molar-refractivity contribution in [3.8, 4) is 0 Å². The van der Waals surface area contributed by atoms with Crippen molar-refractivity contribution in [1.82, 2.24) is 10.2 Å². The molecule has 0 atom stereocenters. The Bertz CT molecular complexity index is 728. The van der Waals surface area contributed by atoms with Crippen LogP contribution in [0.3, 0.4) is 0 Å². The quantitative estimate of drug-likeness (QED) is 0.928. The highest BCUT2D eigenvalue weighted by Crippen LogP contribution is 2.32. The molecular weight excluding hydrogens is 276 g/mol. The van der Waals surface area contributed by atoms with Gasteiger partial charge in [-0.2, -0.15) is 0 Å². The molecule has 1 aromatic carbocycles. The molecule has 3 rings (SSSR count). The first-order chi connectivity index (χ1) is 9.53. The van der Waals surface area contributed by atoms with E-state index in [1.54, 1.807) is 12.1 Å². The number of nitrogens with one attached hydrogen (secondary N) is 1. The summed E-state index contributed by atoms with van der Waals surface area (Å²) in [6, 6.07) is 11.5. The van der Waals surface area contributed by atoms with Gasteiger partial charge in [0.2, 0.25) is 10.0 Å². The van der Waals surface area contributed by atoms with Gasteiger partial charge in [0.1, 0.15) is 0 Å². The Morgan fingerprint density at radius 1 is 1.15 bits per heavy atom. The van der Waals surface area contributed by atoms with E-state index in [0.29, 0.717) is 5.82 Å². The Kier molecular flexibility index (Phi) is 3.06. The second kappa shape index (κ2) is 4.75. The van der Waals surface area contributed by atoms with E-state index in [1.165, 1.54) is 5.56 Å². The number of sulfonamides is 1. The van der Waals surface area contributed by atoms with E-state index in [9.17, 15) is 8.42 Å². The smallest absolute Gasteiger partial charge is 0.231 e. The zero-order chi connectivity index (χ0) is 14.2. The molecule has 20 heavy (non-hydrogen) atoms. The van der Waals surface area contributed by atoms with E-state index in [0.717, 1.165) is 24.9 Å². The van der Waals surface area contributed by atoms with Gasteiger partial charge in [0, 0.05) is 12.2 Å². The Hall–Kier alpha value is -2.15. The van der Waals surface area contributed by atoms with Crippen molar-refractivity contribution in [3.05, 3.63) is 42.0 Å². The molecule has 2 aromatic rings. The predicted molar refractivity (Wildman–Crippen MR) is 77.7 cm³/mol. The first kappa shape index (κ1) is 12.9. The number of anilines is 3. The van der Waals surface area contributed by atoms with Crippen molar-refractivity contribution in [1.29, 1.82) is 0 Å². The molecule has 1 aliphatic rings. The monoisotopic (exact) mass is 290 g/mol. The van der Waals surface area contributed by atoms with Gasteiger partial charge < -0.3 is 4.90 Å². The number of nitrogens with zero attached hydrogens (tertiary/aromatic N) is 3. The number of fused-ring (bicyclic) bond motifs is 1. The van der Waals surface area contributed by atoms with Crippen LogP contribution in [0.15, 0.2) is 36.4 Å². The molecule has 0 spiro atoms. The van der Waals surface area contributed by atoms with Crippen LogP contribution in [-0.2, 0) is 16.4 Å². The average Bonchev–Trinajstić information content (AvgIpc) is 2.82. The van der Waals surface area contributed by atoms with E-state index in [4.69, 9.17) is 0 Å². The Morgan fingerprint density at radius 2 is 1.95 bits per heavy atom. The topological polar surface area (TPSA) is 75.2 Å². The molecule has 2 heterocycles. The number of para-hydroxylation sites is 1. The maximum Gasteiger partial charge on any atom is 0.231 e. The summed E-state index contributed by atoms with van der Waals surface area (Å²) in [4.78, 5) is 2.08. The second-order valence-corrected chi connectivity index (χ2v) is 6.43. The molecule has 0 amide bonds. The molecule has 0 aliphatic carbocycles. The summed E-state index contributed by atoms with van der Waals surface area (Å²) < 4.78 is 24.5. The molecule has 0 bridgehead atoms. The fourth-order valence-corrected chi connectivity index (χ4v) is 2.78. The molecule has 0 saturated carbocycles. The first-order valence-electron chi connectivity index (χ1n) is 6.20. The van der Waals surface area contributed by atoms with Crippen LogP contribution in [0.5, 0.6) is 0 Å². The Balaban J connectivity index is 1.86. The summed E-state index contributed by atoms with van der Waals surface area (Å²) in [5.74, 6) is 0.942. The van der Waals surface area contributed by atoms with Crippen molar-refractivity contribution in [2.45, 2.75) is 6.42 Å². The van der Waals surface area contributed by atoms with Crippen molar-refractivity contribution in [3.63, 3.8) is 0 Å². The van der Waals surface area contributed by atoms with Crippen LogP contribution < -0.4 is 9.62 Å². The maximum atomic E-state index is 11.1. The highest BCUT2D eigenvalue weighted by atomic mass is 32.2. The summed E-state index contributed by atoms with van der Waals surface area (Å²) in [7, 11) is -3.32. The van der Waals surface area contributed by atoms with Crippen LogP contribution in [0.1, 0.15) is 5.56 Å². The van der Waals surface area contributed by atoms with Crippen LogP contribution >= 0.6 is 0 Å². The van der Waals surface area contributed by atoms with Gasteiger partial charge in [-0.3, -0.25) is 4.72 Å². The van der Waals surface area contributed by atoms with E-state index >= 15 is 0 Å². The second-order valence-electron chi connectivity index (χ2n) is 4.68. The molecule has 7 heteroatoms. The summed E-state index contributed by atoms with van der Waals surface area (Å²) in [6.45, 7) is 0.854. The largest absolute Gasteiger partial charge is 0.324 e. The molecule has 0 radical (unpaired) electrons. The number of aromatic nitrogens is 2. The zero-order valence-electron chi connectivity index (χ0n) is 10.9. The third-order valence-electron chi connectivity index (χ3n) is 3.10. The van der Waals surface area contributed by atoms with Gasteiger partial charge in [-0.15, -0.1) is 10.2 Å². The third-order valence-corrected chi connectivity index (χ3v) is 3.68. The van der Waals surface area contributed by atoms with Crippen LogP contribution in [0.2, 0.25) is 0 Å². The van der Waals surface area contributed by atoms with Gasteiger partial charge >= 0.3 is 0 Å².